The number of nitrogens with one attached hydrogen (secondary N) is 3. The Balaban J connectivity index is 1.94. The highest BCUT2D eigenvalue weighted by Crippen LogP contribution is 2.21. The highest BCUT2D eigenvalue weighted by Gasteiger charge is 2.19. The number of carbonyl (C=O) groups is 3. The maximum absolute atomic E-state index is 12.3. The van der Waals surface area contributed by atoms with E-state index in [1.54, 1.807) is 24.3 Å². The van der Waals surface area contributed by atoms with Crippen LogP contribution < -0.4 is 20.9 Å². The molecule has 160 valence electrons. The van der Waals surface area contributed by atoms with Crippen molar-refractivity contribution in [1.82, 2.24) is 10.2 Å². The Morgan fingerprint density at radius 3 is 1.80 bits per heavy atom. The zero-order valence-corrected chi connectivity index (χ0v) is 18.0. The maximum Gasteiger partial charge on any atom is 0.313 e. The Kier molecular flexibility index (Phi) is 7.94. The molecule has 2 aromatic carbocycles. The first-order chi connectivity index (χ1) is 14.2. The van der Waals surface area contributed by atoms with Gasteiger partial charge in [0.15, 0.2) is 0 Å². The molecule has 0 unspecified atom stereocenters. The van der Waals surface area contributed by atoms with E-state index in [1.165, 1.54) is 6.92 Å². The summed E-state index contributed by atoms with van der Waals surface area (Å²) in [4.78, 5) is 39.5. The first kappa shape index (κ1) is 22.9. The zero-order valence-electron chi connectivity index (χ0n) is 18.0. The van der Waals surface area contributed by atoms with Gasteiger partial charge in [0, 0.05) is 44.6 Å². The molecule has 2 rings (SSSR count). The highest BCUT2D eigenvalue weighted by atomic mass is 16.2. The van der Waals surface area contributed by atoms with Crippen LogP contribution in [0.25, 0.3) is 0 Å². The number of rotatable bonds is 7. The van der Waals surface area contributed by atoms with Crippen LogP contribution in [0.15, 0.2) is 48.5 Å². The van der Waals surface area contributed by atoms with Gasteiger partial charge in [-0.1, -0.05) is 12.1 Å². The number of likely N-dealkylation sites (N-methyl/N-ethyl adjacent to an activating group) is 1. The van der Waals surface area contributed by atoms with E-state index in [4.69, 9.17) is 0 Å². The van der Waals surface area contributed by atoms with Crippen LogP contribution in [-0.4, -0.2) is 57.4 Å². The highest BCUT2D eigenvalue weighted by molar-refractivity contribution is 6.39. The van der Waals surface area contributed by atoms with Gasteiger partial charge in [-0.25, -0.2) is 0 Å². The molecule has 0 heterocycles. The SMILES string of the molecule is CC(=O)Nc1ccc(NC(=O)C(=O)NC[C@H](c2ccc(N(C)C)cc2)N(C)C)cc1. The van der Waals surface area contributed by atoms with Gasteiger partial charge in [0.25, 0.3) is 0 Å². The molecule has 0 aliphatic carbocycles. The Morgan fingerprint density at radius 1 is 0.800 bits per heavy atom. The van der Waals surface area contributed by atoms with Crippen molar-refractivity contribution in [3.8, 4) is 0 Å². The monoisotopic (exact) mass is 411 g/mol. The molecule has 30 heavy (non-hydrogen) atoms. The molecule has 0 radical (unpaired) electrons. The molecule has 3 N–H and O–H groups in total. The van der Waals surface area contributed by atoms with Gasteiger partial charge in [-0.15, -0.1) is 0 Å². The van der Waals surface area contributed by atoms with Gasteiger partial charge in [0.05, 0.1) is 6.04 Å². The normalized spacial score (nSPS) is 11.5. The van der Waals surface area contributed by atoms with Gasteiger partial charge in [-0.2, -0.15) is 0 Å². The van der Waals surface area contributed by atoms with Crippen LogP contribution >= 0.6 is 0 Å². The van der Waals surface area contributed by atoms with Crippen molar-refractivity contribution in [2.75, 3.05) is 50.3 Å². The van der Waals surface area contributed by atoms with E-state index >= 15 is 0 Å². The van der Waals surface area contributed by atoms with Gasteiger partial charge >= 0.3 is 11.8 Å². The summed E-state index contributed by atoms with van der Waals surface area (Å²) in [5.41, 5.74) is 3.20. The van der Waals surface area contributed by atoms with E-state index in [2.05, 4.69) is 16.0 Å². The molecule has 0 aromatic heterocycles. The molecule has 0 fully saturated rings. The van der Waals surface area contributed by atoms with Crippen LogP contribution in [-0.2, 0) is 14.4 Å². The number of amides is 3. The molecule has 1 atom stereocenters. The first-order valence-corrected chi connectivity index (χ1v) is 9.58. The Bertz CT molecular complexity index is 877. The van der Waals surface area contributed by atoms with Gasteiger partial charge < -0.3 is 25.8 Å². The Morgan fingerprint density at radius 2 is 1.33 bits per heavy atom. The van der Waals surface area contributed by atoms with Crippen molar-refractivity contribution in [3.63, 3.8) is 0 Å². The van der Waals surface area contributed by atoms with Crippen molar-refractivity contribution in [2.24, 2.45) is 0 Å². The molecule has 8 heteroatoms. The van der Waals surface area contributed by atoms with Crippen LogP contribution in [0.2, 0.25) is 0 Å². The Hall–Kier alpha value is -3.39. The lowest BCUT2D eigenvalue weighted by molar-refractivity contribution is -0.136. The molecule has 0 saturated carbocycles. The number of nitrogens with zero attached hydrogens (tertiary/aromatic N) is 2. The zero-order chi connectivity index (χ0) is 22.3. The lowest BCUT2D eigenvalue weighted by Gasteiger charge is -2.25. The first-order valence-electron chi connectivity index (χ1n) is 9.58. The Labute approximate surface area is 177 Å². The number of benzene rings is 2. The maximum atomic E-state index is 12.3. The minimum absolute atomic E-state index is 0.0742. The molecule has 0 bridgehead atoms. The van der Waals surface area contributed by atoms with Crippen molar-refractivity contribution < 1.29 is 14.4 Å². The minimum atomic E-state index is -0.747. The van der Waals surface area contributed by atoms with Crippen LogP contribution in [0.1, 0.15) is 18.5 Å². The summed E-state index contributed by atoms with van der Waals surface area (Å²) >= 11 is 0. The standard InChI is InChI=1S/C22H29N5O3/c1-15(28)24-17-8-10-18(11-9-17)25-22(30)21(29)23-14-20(27(4)5)16-6-12-19(13-7-16)26(2)3/h6-13,20H,14H2,1-5H3,(H,23,29)(H,24,28)(H,25,30)/t20-/m1/s1. The third-order valence-corrected chi connectivity index (χ3v) is 4.54. The van der Waals surface area contributed by atoms with Crippen molar-refractivity contribution >= 4 is 34.8 Å². The molecule has 0 aliphatic heterocycles. The number of hydrogen-bond donors (Lipinski definition) is 3. The van der Waals surface area contributed by atoms with Crippen LogP contribution in [0, 0.1) is 0 Å². The van der Waals surface area contributed by atoms with E-state index in [-0.39, 0.29) is 11.9 Å². The average Bonchev–Trinajstić information content (AvgIpc) is 2.69. The summed E-state index contributed by atoms with van der Waals surface area (Å²) in [7, 11) is 7.80. The fourth-order valence-electron chi connectivity index (χ4n) is 2.89. The molecular formula is C22H29N5O3. The molecule has 0 spiro atoms. The van der Waals surface area contributed by atoms with E-state index in [0.29, 0.717) is 17.9 Å². The topological polar surface area (TPSA) is 93.8 Å². The molecule has 3 amide bonds. The van der Waals surface area contributed by atoms with Gasteiger partial charge in [-0.3, -0.25) is 14.4 Å². The summed E-state index contributed by atoms with van der Waals surface area (Å²) in [5, 5.41) is 7.89. The van der Waals surface area contributed by atoms with Gasteiger partial charge in [0.1, 0.15) is 0 Å². The third kappa shape index (κ3) is 6.59. The van der Waals surface area contributed by atoms with E-state index < -0.39 is 11.8 Å². The smallest absolute Gasteiger partial charge is 0.313 e. The predicted octanol–water partition coefficient (Wildman–Crippen LogP) is 2.07. The van der Waals surface area contributed by atoms with E-state index in [0.717, 1.165) is 11.3 Å². The predicted molar refractivity (Wildman–Crippen MR) is 120 cm³/mol. The summed E-state index contributed by atoms with van der Waals surface area (Å²) in [5.74, 6) is -1.64. The second kappa shape index (κ2) is 10.4. The quantitative estimate of drug-likeness (QED) is 0.607. The molecule has 0 aliphatic rings. The fraction of sp³-hybridized carbons (Fsp3) is 0.318. The lowest BCUT2D eigenvalue weighted by atomic mass is 10.1. The second-order valence-corrected chi connectivity index (χ2v) is 7.39. The number of carbonyl (C=O) groups excluding carboxylic acids is 3. The van der Waals surface area contributed by atoms with E-state index in [9.17, 15) is 14.4 Å². The van der Waals surface area contributed by atoms with Crippen molar-refractivity contribution in [3.05, 3.63) is 54.1 Å². The average molecular weight is 412 g/mol. The van der Waals surface area contributed by atoms with Crippen LogP contribution in [0.3, 0.4) is 0 Å². The van der Waals surface area contributed by atoms with Gasteiger partial charge in [-0.05, 0) is 56.1 Å². The minimum Gasteiger partial charge on any atom is -0.378 e. The van der Waals surface area contributed by atoms with Crippen molar-refractivity contribution in [1.29, 1.82) is 0 Å². The fourth-order valence-corrected chi connectivity index (χ4v) is 2.89. The molecule has 2 aromatic rings. The molecule has 8 nitrogen and oxygen atoms in total. The van der Waals surface area contributed by atoms with Crippen LogP contribution in [0.4, 0.5) is 17.1 Å². The summed E-state index contributed by atoms with van der Waals surface area (Å²) < 4.78 is 0. The summed E-state index contributed by atoms with van der Waals surface area (Å²) in [6, 6.07) is 14.5. The lowest BCUT2D eigenvalue weighted by Crippen LogP contribution is -2.40. The third-order valence-electron chi connectivity index (χ3n) is 4.54. The van der Waals surface area contributed by atoms with E-state index in [1.807, 2.05) is 62.3 Å². The van der Waals surface area contributed by atoms with Gasteiger partial charge in [0.2, 0.25) is 5.91 Å². The number of anilines is 3. The van der Waals surface area contributed by atoms with Crippen LogP contribution in [0.5, 0.6) is 0 Å². The summed E-state index contributed by atoms with van der Waals surface area (Å²) in [6.45, 7) is 1.71. The number of hydrogen-bond acceptors (Lipinski definition) is 5. The molecular weight excluding hydrogens is 382 g/mol. The largest absolute Gasteiger partial charge is 0.378 e. The summed E-state index contributed by atoms with van der Waals surface area (Å²) in [6.07, 6.45) is 0. The second-order valence-electron chi connectivity index (χ2n) is 7.39. The molecule has 0 saturated heterocycles. The van der Waals surface area contributed by atoms with Crippen molar-refractivity contribution in [2.45, 2.75) is 13.0 Å².